The fraction of sp³-hybridized carbons (Fsp3) is 0.273. The summed E-state index contributed by atoms with van der Waals surface area (Å²) in [4.78, 5) is 24.0. The van der Waals surface area contributed by atoms with Crippen molar-refractivity contribution in [2.75, 3.05) is 7.11 Å². The SMILES string of the molecule is COC(=O)[C@@H]1C[C@@]1(C)c1cccc(-n2c(C(N)=O)cc3ccc(OC(F)(F)F)cc32)c1. The molecule has 0 unspecified atom stereocenters. The van der Waals surface area contributed by atoms with E-state index in [9.17, 15) is 22.8 Å². The number of carbonyl (C=O) groups is 2. The van der Waals surface area contributed by atoms with Gasteiger partial charge in [-0.15, -0.1) is 13.2 Å². The Kier molecular flexibility index (Phi) is 4.72. The Balaban J connectivity index is 1.84. The van der Waals surface area contributed by atoms with Crippen molar-refractivity contribution in [2.45, 2.75) is 25.1 Å². The Morgan fingerprint density at radius 2 is 1.90 bits per heavy atom. The second kappa shape index (κ2) is 7.04. The van der Waals surface area contributed by atoms with Crippen molar-refractivity contribution < 1.29 is 32.2 Å². The fourth-order valence-corrected chi connectivity index (χ4v) is 4.01. The van der Waals surface area contributed by atoms with Crippen LogP contribution < -0.4 is 10.5 Å². The molecule has 31 heavy (non-hydrogen) atoms. The molecule has 3 aromatic rings. The van der Waals surface area contributed by atoms with Gasteiger partial charge in [0.25, 0.3) is 5.91 Å². The monoisotopic (exact) mass is 432 g/mol. The van der Waals surface area contributed by atoms with Crippen LogP contribution in [-0.2, 0) is 14.9 Å². The maximum Gasteiger partial charge on any atom is 0.573 e. The van der Waals surface area contributed by atoms with Gasteiger partial charge in [0.15, 0.2) is 0 Å². The number of amides is 1. The molecule has 1 saturated carbocycles. The molecule has 0 radical (unpaired) electrons. The minimum Gasteiger partial charge on any atom is -0.469 e. The number of aromatic nitrogens is 1. The lowest BCUT2D eigenvalue weighted by Crippen LogP contribution is -2.17. The third-order valence-corrected chi connectivity index (χ3v) is 5.75. The van der Waals surface area contributed by atoms with Crippen LogP contribution in [0.1, 0.15) is 29.4 Å². The molecule has 2 N–H and O–H groups in total. The molecular weight excluding hydrogens is 413 g/mol. The predicted molar refractivity (Wildman–Crippen MR) is 106 cm³/mol. The van der Waals surface area contributed by atoms with Crippen LogP contribution >= 0.6 is 0 Å². The number of fused-ring (bicyclic) bond motifs is 1. The van der Waals surface area contributed by atoms with E-state index in [1.54, 1.807) is 18.2 Å². The number of halogens is 3. The van der Waals surface area contributed by atoms with E-state index in [0.29, 0.717) is 23.0 Å². The number of primary amides is 1. The van der Waals surface area contributed by atoms with Crippen molar-refractivity contribution in [1.29, 1.82) is 0 Å². The lowest BCUT2D eigenvalue weighted by atomic mass is 9.95. The zero-order valence-electron chi connectivity index (χ0n) is 16.7. The maximum atomic E-state index is 12.7. The van der Waals surface area contributed by atoms with E-state index in [0.717, 1.165) is 5.56 Å². The van der Waals surface area contributed by atoms with Gasteiger partial charge in [0.05, 0.1) is 18.5 Å². The van der Waals surface area contributed by atoms with Crippen LogP contribution in [0.4, 0.5) is 13.2 Å². The van der Waals surface area contributed by atoms with Crippen LogP contribution in [0.2, 0.25) is 0 Å². The third-order valence-electron chi connectivity index (χ3n) is 5.75. The number of rotatable bonds is 5. The Labute approximate surface area is 175 Å². The Morgan fingerprint density at radius 3 is 2.55 bits per heavy atom. The van der Waals surface area contributed by atoms with E-state index >= 15 is 0 Å². The summed E-state index contributed by atoms with van der Waals surface area (Å²) in [5, 5.41) is 0.527. The number of nitrogens with zero attached hydrogens (tertiary/aromatic N) is 1. The van der Waals surface area contributed by atoms with Crippen molar-refractivity contribution in [3.63, 3.8) is 0 Å². The van der Waals surface area contributed by atoms with Crippen LogP contribution in [0.15, 0.2) is 48.5 Å². The van der Waals surface area contributed by atoms with Crippen LogP contribution in [0.3, 0.4) is 0 Å². The highest BCUT2D eigenvalue weighted by atomic mass is 19.4. The van der Waals surface area contributed by atoms with Gasteiger partial charge in [-0.3, -0.25) is 9.59 Å². The molecule has 0 spiro atoms. The van der Waals surface area contributed by atoms with Crippen molar-refractivity contribution in [3.8, 4) is 11.4 Å². The highest BCUT2D eigenvalue weighted by Gasteiger charge is 2.56. The molecular formula is C22H19F3N2O4. The van der Waals surface area contributed by atoms with Crippen LogP contribution in [0.25, 0.3) is 16.6 Å². The first kappa shape index (κ1) is 20.8. The third kappa shape index (κ3) is 3.71. The number of carbonyl (C=O) groups excluding carboxylic acids is 2. The minimum atomic E-state index is -4.85. The summed E-state index contributed by atoms with van der Waals surface area (Å²) in [6.45, 7) is 1.94. The second-order valence-corrected chi connectivity index (χ2v) is 7.75. The van der Waals surface area contributed by atoms with Gasteiger partial charge in [0.1, 0.15) is 11.4 Å². The number of nitrogens with two attached hydrogens (primary N) is 1. The van der Waals surface area contributed by atoms with Gasteiger partial charge in [-0.1, -0.05) is 19.1 Å². The average Bonchev–Trinajstić information content (AvgIpc) is 3.26. The van der Waals surface area contributed by atoms with E-state index in [4.69, 9.17) is 10.5 Å². The minimum absolute atomic E-state index is 0.113. The largest absolute Gasteiger partial charge is 0.573 e. The summed E-state index contributed by atoms with van der Waals surface area (Å²) in [5.41, 5.74) is 6.93. The average molecular weight is 432 g/mol. The predicted octanol–water partition coefficient (Wildman–Crippen LogP) is 4.08. The maximum absolute atomic E-state index is 12.7. The van der Waals surface area contributed by atoms with Gasteiger partial charge in [-0.05, 0) is 42.3 Å². The highest BCUT2D eigenvalue weighted by molar-refractivity contribution is 5.99. The zero-order valence-corrected chi connectivity index (χ0v) is 16.7. The normalized spacial score (nSPS) is 20.5. The number of alkyl halides is 3. The van der Waals surface area contributed by atoms with Crippen LogP contribution in [-0.4, -0.2) is 29.9 Å². The Morgan fingerprint density at radius 1 is 1.16 bits per heavy atom. The van der Waals surface area contributed by atoms with Gasteiger partial charge < -0.3 is 19.8 Å². The van der Waals surface area contributed by atoms with E-state index in [1.165, 1.54) is 35.9 Å². The number of esters is 1. The molecule has 0 bridgehead atoms. The van der Waals surface area contributed by atoms with Crippen LogP contribution in [0.5, 0.6) is 5.75 Å². The lowest BCUT2D eigenvalue weighted by molar-refractivity contribution is -0.274. The van der Waals surface area contributed by atoms with Crippen molar-refractivity contribution >= 4 is 22.8 Å². The summed E-state index contributed by atoms with van der Waals surface area (Å²) in [7, 11) is 1.34. The van der Waals surface area contributed by atoms with Gasteiger partial charge in [-0.2, -0.15) is 0 Å². The van der Waals surface area contributed by atoms with E-state index in [1.807, 2.05) is 13.0 Å². The van der Waals surface area contributed by atoms with E-state index in [2.05, 4.69) is 4.74 Å². The molecule has 2 aromatic carbocycles. The number of methoxy groups -OCH3 is 1. The van der Waals surface area contributed by atoms with Crippen molar-refractivity contribution in [1.82, 2.24) is 4.57 Å². The van der Waals surface area contributed by atoms with Crippen molar-refractivity contribution in [3.05, 3.63) is 59.8 Å². The molecule has 1 aromatic heterocycles. The lowest BCUT2D eigenvalue weighted by Gasteiger charge is -2.16. The number of benzene rings is 2. The first-order valence-electron chi connectivity index (χ1n) is 9.43. The van der Waals surface area contributed by atoms with E-state index < -0.39 is 23.4 Å². The Hall–Kier alpha value is -3.49. The molecule has 162 valence electrons. The van der Waals surface area contributed by atoms with Gasteiger partial charge >= 0.3 is 12.3 Å². The quantitative estimate of drug-likeness (QED) is 0.616. The first-order valence-corrected chi connectivity index (χ1v) is 9.43. The molecule has 4 rings (SSSR count). The zero-order chi connectivity index (χ0) is 22.6. The molecule has 1 aliphatic carbocycles. The summed E-state index contributed by atoms with van der Waals surface area (Å²) in [6, 6.07) is 12.5. The van der Waals surface area contributed by atoms with Crippen LogP contribution in [0, 0.1) is 5.92 Å². The van der Waals surface area contributed by atoms with E-state index in [-0.39, 0.29) is 17.6 Å². The van der Waals surface area contributed by atoms with Gasteiger partial charge in [0, 0.05) is 22.6 Å². The van der Waals surface area contributed by atoms with Gasteiger partial charge in [0.2, 0.25) is 0 Å². The molecule has 1 aliphatic rings. The van der Waals surface area contributed by atoms with Gasteiger partial charge in [-0.25, -0.2) is 0 Å². The summed E-state index contributed by atoms with van der Waals surface area (Å²) in [5.74, 6) is -1.72. The molecule has 0 saturated heterocycles. The Bertz CT molecular complexity index is 1200. The highest BCUT2D eigenvalue weighted by Crippen LogP contribution is 2.54. The second-order valence-electron chi connectivity index (χ2n) is 7.75. The molecule has 2 atom stereocenters. The molecule has 6 nitrogen and oxygen atoms in total. The summed E-state index contributed by atoms with van der Waals surface area (Å²) < 4.78 is 48.4. The molecule has 0 aliphatic heterocycles. The number of hydrogen-bond acceptors (Lipinski definition) is 4. The number of hydrogen-bond donors (Lipinski definition) is 1. The number of ether oxygens (including phenoxy) is 2. The topological polar surface area (TPSA) is 83.5 Å². The first-order chi connectivity index (χ1) is 14.5. The fourth-order valence-electron chi connectivity index (χ4n) is 4.01. The molecule has 9 heteroatoms. The van der Waals surface area contributed by atoms with Crippen molar-refractivity contribution in [2.24, 2.45) is 11.7 Å². The summed E-state index contributed by atoms with van der Waals surface area (Å²) >= 11 is 0. The molecule has 1 amide bonds. The standard InChI is InChI=1S/C22H19F3N2O4/c1-21(11-16(21)20(29)30-2)13-4-3-5-14(9-13)27-17-10-15(31-22(23,24)25)7-6-12(17)8-18(27)19(26)28/h3-10,16H,11H2,1-2H3,(H2,26,28)/t16-,21-/m0/s1. The smallest absolute Gasteiger partial charge is 0.469 e. The summed E-state index contributed by atoms with van der Waals surface area (Å²) in [6.07, 6.45) is -4.23. The molecule has 1 heterocycles. The molecule has 1 fully saturated rings.